The first-order valence-electron chi connectivity index (χ1n) is 5.90. The smallest absolute Gasteiger partial charge is 0.243 e. The first kappa shape index (κ1) is 14.8. The molecule has 2 rings (SSSR count). The lowest BCUT2D eigenvalue weighted by Crippen LogP contribution is -2.23. The number of carbonyl (C=O) groups excluding carboxylic acids is 1. The van der Waals surface area contributed by atoms with Crippen molar-refractivity contribution in [1.82, 2.24) is 0 Å². The third kappa shape index (κ3) is 3.71. The molecule has 0 aliphatic heterocycles. The van der Waals surface area contributed by atoms with Crippen LogP contribution in [0.1, 0.15) is 0 Å². The summed E-state index contributed by atoms with van der Waals surface area (Å²) >= 11 is 0. The Labute approximate surface area is 117 Å². The van der Waals surface area contributed by atoms with E-state index in [0.29, 0.717) is 12.1 Å². The Kier molecular flexibility index (Phi) is 4.42. The molecular formula is C14H10F4N2O. The van der Waals surface area contributed by atoms with Gasteiger partial charge in [-0.05, 0) is 12.1 Å². The molecule has 0 heterocycles. The average Bonchev–Trinajstić information content (AvgIpc) is 2.40. The van der Waals surface area contributed by atoms with Crippen molar-refractivity contribution in [2.45, 2.75) is 0 Å². The second-order valence-electron chi connectivity index (χ2n) is 4.13. The Balaban J connectivity index is 2.01. The van der Waals surface area contributed by atoms with E-state index >= 15 is 0 Å². The summed E-state index contributed by atoms with van der Waals surface area (Å²) in [4.78, 5) is 11.6. The maximum Gasteiger partial charge on any atom is 0.243 e. The zero-order chi connectivity index (χ0) is 15.4. The molecule has 3 nitrogen and oxygen atoms in total. The molecule has 0 saturated carbocycles. The zero-order valence-corrected chi connectivity index (χ0v) is 10.6. The van der Waals surface area contributed by atoms with Gasteiger partial charge in [0, 0.05) is 12.1 Å². The minimum Gasteiger partial charge on any atom is -0.371 e. The molecule has 0 fully saturated rings. The highest BCUT2D eigenvalue weighted by atomic mass is 19.1. The van der Waals surface area contributed by atoms with Gasteiger partial charge in [-0.1, -0.05) is 12.1 Å². The van der Waals surface area contributed by atoms with E-state index in [9.17, 15) is 22.4 Å². The molecule has 0 aliphatic rings. The molecule has 2 aromatic rings. The lowest BCUT2D eigenvalue weighted by Gasteiger charge is -2.10. The van der Waals surface area contributed by atoms with E-state index in [-0.39, 0.29) is 5.69 Å². The molecule has 21 heavy (non-hydrogen) atoms. The van der Waals surface area contributed by atoms with Crippen LogP contribution in [0, 0.1) is 23.3 Å². The van der Waals surface area contributed by atoms with Gasteiger partial charge in [0.2, 0.25) is 5.91 Å². The quantitative estimate of drug-likeness (QED) is 0.850. The maximum absolute atomic E-state index is 13.3. The molecule has 0 aliphatic carbocycles. The van der Waals surface area contributed by atoms with E-state index in [1.807, 2.05) is 0 Å². The van der Waals surface area contributed by atoms with Crippen LogP contribution < -0.4 is 10.6 Å². The average molecular weight is 298 g/mol. The van der Waals surface area contributed by atoms with Crippen LogP contribution in [0.3, 0.4) is 0 Å². The highest BCUT2D eigenvalue weighted by Crippen LogP contribution is 2.20. The van der Waals surface area contributed by atoms with Gasteiger partial charge < -0.3 is 10.6 Å². The van der Waals surface area contributed by atoms with Crippen molar-refractivity contribution in [2.24, 2.45) is 0 Å². The number of halogens is 4. The van der Waals surface area contributed by atoms with E-state index in [2.05, 4.69) is 10.6 Å². The van der Waals surface area contributed by atoms with Crippen LogP contribution in [-0.4, -0.2) is 12.5 Å². The summed E-state index contributed by atoms with van der Waals surface area (Å²) in [6.45, 7) is -0.506. The van der Waals surface area contributed by atoms with Gasteiger partial charge in [0.1, 0.15) is 17.3 Å². The number of anilines is 2. The number of benzene rings is 2. The van der Waals surface area contributed by atoms with Crippen molar-refractivity contribution < 1.29 is 22.4 Å². The molecule has 0 spiro atoms. The highest BCUT2D eigenvalue weighted by molar-refractivity contribution is 5.93. The van der Waals surface area contributed by atoms with Gasteiger partial charge in [-0.2, -0.15) is 0 Å². The molecule has 0 unspecified atom stereocenters. The number of para-hydroxylation sites is 1. The molecule has 2 aromatic carbocycles. The maximum atomic E-state index is 13.3. The van der Waals surface area contributed by atoms with Gasteiger partial charge >= 0.3 is 0 Å². The summed E-state index contributed by atoms with van der Waals surface area (Å²) in [5.41, 5.74) is -0.676. The van der Waals surface area contributed by atoms with Gasteiger partial charge in [-0.15, -0.1) is 0 Å². The van der Waals surface area contributed by atoms with Gasteiger partial charge in [0.15, 0.2) is 11.6 Å². The zero-order valence-electron chi connectivity index (χ0n) is 10.6. The summed E-state index contributed by atoms with van der Waals surface area (Å²) in [5.74, 6) is -4.73. The van der Waals surface area contributed by atoms with Crippen molar-refractivity contribution in [3.05, 3.63) is 59.7 Å². The van der Waals surface area contributed by atoms with Gasteiger partial charge in [-0.25, -0.2) is 17.6 Å². The fourth-order valence-electron chi connectivity index (χ4n) is 1.64. The molecule has 1 amide bonds. The summed E-state index contributed by atoms with van der Waals surface area (Å²) in [5, 5.41) is 4.43. The predicted octanol–water partition coefficient (Wildman–Crippen LogP) is 3.29. The number of rotatable bonds is 4. The van der Waals surface area contributed by atoms with Crippen LogP contribution in [0.25, 0.3) is 0 Å². The summed E-state index contributed by atoms with van der Waals surface area (Å²) in [6.07, 6.45) is 0. The lowest BCUT2D eigenvalue weighted by molar-refractivity contribution is -0.114. The third-order valence-electron chi connectivity index (χ3n) is 2.58. The first-order valence-corrected chi connectivity index (χ1v) is 5.90. The monoisotopic (exact) mass is 298 g/mol. The minimum atomic E-state index is -1.16. The SMILES string of the molecule is O=C(CNc1c(F)cc(F)cc1F)Nc1ccccc1F. The molecule has 0 radical (unpaired) electrons. The van der Waals surface area contributed by atoms with Gasteiger partial charge in [0.05, 0.1) is 12.2 Å². The van der Waals surface area contributed by atoms with Crippen molar-refractivity contribution >= 4 is 17.3 Å². The Bertz CT molecular complexity index is 653. The molecule has 0 aromatic heterocycles. The molecule has 2 N–H and O–H groups in total. The highest BCUT2D eigenvalue weighted by Gasteiger charge is 2.13. The van der Waals surface area contributed by atoms with Crippen molar-refractivity contribution in [3.8, 4) is 0 Å². The summed E-state index contributed by atoms with van der Waals surface area (Å²) in [7, 11) is 0. The van der Waals surface area contributed by atoms with Crippen molar-refractivity contribution in [1.29, 1.82) is 0 Å². The summed E-state index contributed by atoms with van der Waals surface area (Å²) in [6, 6.07) is 6.44. The second kappa shape index (κ2) is 6.25. The minimum absolute atomic E-state index is 0.0515. The Morgan fingerprint density at radius 3 is 2.19 bits per heavy atom. The fourth-order valence-corrected chi connectivity index (χ4v) is 1.64. The molecule has 7 heteroatoms. The third-order valence-corrected chi connectivity index (χ3v) is 2.58. The van der Waals surface area contributed by atoms with Gasteiger partial charge in [0.25, 0.3) is 0 Å². The number of amides is 1. The van der Waals surface area contributed by atoms with Crippen LogP contribution in [0.2, 0.25) is 0 Å². The molecule has 0 bridgehead atoms. The molecular weight excluding hydrogens is 288 g/mol. The van der Waals surface area contributed by atoms with Crippen LogP contribution >= 0.6 is 0 Å². The first-order chi connectivity index (χ1) is 9.97. The van der Waals surface area contributed by atoms with E-state index in [0.717, 1.165) is 6.07 Å². The number of nitrogens with one attached hydrogen (secondary N) is 2. The van der Waals surface area contributed by atoms with Crippen LogP contribution in [-0.2, 0) is 4.79 Å². The van der Waals surface area contributed by atoms with E-state index in [1.165, 1.54) is 18.2 Å². The normalized spacial score (nSPS) is 10.3. The predicted molar refractivity (Wildman–Crippen MR) is 69.8 cm³/mol. The fraction of sp³-hybridized carbons (Fsp3) is 0.0714. The Morgan fingerprint density at radius 1 is 0.952 bits per heavy atom. The topological polar surface area (TPSA) is 41.1 Å². The van der Waals surface area contributed by atoms with E-state index < -0.39 is 41.4 Å². The summed E-state index contributed by atoms with van der Waals surface area (Å²) < 4.78 is 52.6. The van der Waals surface area contributed by atoms with Crippen molar-refractivity contribution in [3.63, 3.8) is 0 Å². The Morgan fingerprint density at radius 2 is 1.57 bits per heavy atom. The largest absolute Gasteiger partial charge is 0.371 e. The molecule has 0 saturated heterocycles. The molecule has 0 atom stereocenters. The number of hydrogen-bond donors (Lipinski definition) is 2. The number of carbonyl (C=O) groups is 1. The van der Waals surface area contributed by atoms with E-state index in [1.54, 1.807) is 0 Å². The standard InChI is InChI=1S/C14H10F4N2O/c15-8-5-10(17)14(11(18)6-8)19-7-13(21)20-12-4-2-1-3-9(12)16/h1-6,19H,7H2,(H,20,21). The molecule has 110 valence electrons. The van der Waals surface area contributed by atoms with Crippen molar-refractivity contribution in [2.75, 3.05) is 17.2 Å². The van der Waals surface area contributed by atoms with Crippen LogP contribution in [0.15, 0.2) is 36.4 Å². The van der Waals surface area contributed by atoms with Crippen LogP contribution in [0.5, 0.6) is 0 Å². The van der Waals surface area contributed by atoms with Crippen LogP contribution in [0.4, 0.5) is 28.9 Å². The van der Waals surface area contributed by atoms with E-state index in [4.69, 9.17) is 0 Å². The Hall–Kier alpha value is -2.57. The number of hydrogen-bond acceptors (Lipinski definition) is 2. The van der Waals surface area contributed by atoms with Gasteiger partial charge in [-0.3, -0.25) is 4.79 Å². The second-order valence-corrected chi connectivity index (χ2v) is 4.13. The lowest BCUT2D eigenvalue weighted by atomic mass is 10.2.